The van der Waals surface area contributed by atoms with Gasteiger partial charge in [-0.15, -0.1) is 0 Å². The maximum atomic E-state index is 12.0. The fraction of sp³-hybridized carbons (Fsp3) is 0.385. The molecule has 0 radical (unpaired) electrons. The highest BCUT2D eigenvalue weighted by molar-refractivity contribution is 7.22. The summed E-state index contributed by atoms with van der Waals surface area (Å²) in [6.45, 7) is 2.04. The van der Waals surface area contributed by atoms with Gasteiger partial charge >= 0.3 is 0 Å². The molecule has 0 atom stereocenters. The predicted molar refractivity (Wildman–Crippen MR) is 73.8 cm³/mol. The van der Waals surface area contributed by atoms with Gasteiger partial charge in [-0.2, -0.15) is 0 Å². The Morgan fingerprint density at radius 2 is 2.28 bits per heavy atom. The molecule has 0 spiro atoms. The summed E-state index contributed by atoms with van der Waals surface area (Å²) in [6, 6.07) is 6.06. The normalized spacial score (nSPS) is 17.4. The van der Waals surface area contributed by atoms with Crippen LogP contribution in [-0.4, -0.2) is 16.4 Å². The maximum absolute atomic E-state index is 12.0. The van der Waals surface area contributed by atoms with Gasteiger partial charge in [0, 0.05) is 0 Å². The maximum Gasteiger partial charge on any atom is 0.246 e. The minimum atomic E-state index is -0.673. The average molecular weight is 261 g/mol. The molecule has 1 aliphatic rings. The monoisotopic (exact) mass is 261 g/mol. The topological polar surface area (TPSA) is 68.0 Å². The molecule has 1 fully saturated rings. The van der Waals surface area contributed by atoms with Crippen LogP contribution in [-0.2, 0) is 4.79 Å². The van der Waals surface area contributed by atoms with E-state index in [9.17, 15) is 4.79 Å². The largest absolute Gasteiger partial charge is 0.317 e. The lowest BCUT2D eigenvalue weighted by Gasteiger charge is -2.35. The van der Waals surface area contributed by atoms with E-state index in [0.29, 0.717) is 5.13 Å². The minimum absolute atomic E-state index is 0.107. The van der Waals surface area contributed by atoms with Crippen molar-refractivity contribution in [2.45, 2.75) is 31.7 Å². The van der Waals surface area contributed by atoms with Gasteiger partial charge in [-0.1, -0.05) is 17.4 Å². The molecule has 0 unspecified atom stereocenters. The van der Waals surface area contributed by atoms with E-state index in [0.717, 1.165) is 29.5 Å². The molecule has 3 N–H and O–H groups in total. The van der Waals surface area contributed by atoms with Gasteiger partial charge in [0.2, 0.25) is 5.91 Å². The molecular weight excluding hydrogens is 246 g/mol. The van der Waals surface area contributed by atoms with E-state index < -0.39 is 5.54 Å². The van der Waals surface area contributed by atoms with Crippen molar-refractivity contribution in [2.24, 2.45) is 5.73 Å². The first-order chi connectivity index (χ1) is 8.57. The van der Waals surface area contributed by atoms with E-state index in [2.05, 4.69) is 16.4 Å². The Bertz CT molecular complexity index is 616. The number of nitrogens with two attached hydrogens (primary N) is 1. The van der Waals surface area contributed by atoms with Crippen molar-refractivity contribution in [3.63, 3.8) is 0 Å². The van der Waals surface area contributed by atoms with Gasteiger partial charge in [-0.3, -0.25) is 4.79 Å². The summed E-state index contributed by atoms with van der Waals surface area (Å²) in [4.78, 5) is 16.4. The number of rotatable bonds is 2. The molecule has 5 heteroatoms. The smallest absolute Gasteiger partial charge is 0.246 e. The lowest BCUT2D eigenvalue weighted by atomic mass is 9.77. The van der Waals surface area contributed by atoms with Crippen molar-refractivity contribution in [3.8, 4) is 0 Å². The molecule has 1 saturated carbocycles. The third kappa shape index (κ3) is 1.89. The molecule has 0 saturated heterocycles. The molecule has 4 nitrogen and oxygen atoms in total. The summed E-state index contributed by atoms with van der Waals surface area (Å²) in [5, 5.41) is 3.47. The van der Waals surface area contributed by atoms with Gasteiger partial charge < -0.3 is 11.1 Å². The van der Waals surface area contributed by atoms with E-state index in [1.165, 1.54) is 16.9 Å². The van der Waals surface area contributed by atoms with Gasteiger partial charge in [-0.25, -0.2) is 4.98 Å². The number of hydrogen-bond acceptors (Lipinski definition) is 4. The van der Waals surface area contributed by atoms with Gasteiger partial charge in [0.05, 0.1) is 15.8 Å². The van der Waals surface area contributed by atoms with Gasteiger partial charge in [-0.05, 0) is 43.9 Å². The quantitative estimate of drug-likeness (QED) is 0.872. The first-order valence-corrected chi connectivity index (χ1v) is 6.86. The summed E-state index contributed by atoms with van der Waals surface area (Å²) in [5.41, 5.74) is 7.41. The standard InChI is InChI=1S/C13H15N3OS/c1-8-3-4-9-10(7-8)18-12(15-9)16-11(17)13(14)5-2-6-13/h3-4,7H,2,5-6,14H2,1H3,(H,15,16,17). The number of anilines is 1. The number of benzene rings is 1. The van der Waals surface area contributed by atoms with Crippen molar-refractivity contribution in [1.82, 2.24) is 4.98 Å². The molecule has 2 aromatic rings. The summed E-state index contributed by atoms with van der Waals surface area (Å²) >= 11 is 1.49. The van der Waals surface area contributed by atoms with Crippen LogP contribution < -0.4 is 11.1 Å². The molecule has 1 aromatic heterocycles. The van der Waals surface area contributed by atoms with Crippen LogP contribution in [0.15, 0.2) is 18.2 Å². The van der Waals surface area contributed by atoms with Crippen LogP contribution in [0.4, 0.5) is 5.13 Å². The van der Waals surface area contributed by atoms with Crippen molar-refractivity contribution in [2.75, 3.05) is 5.32 Å². The van der Waals surface area contributed by atoms with Crippen LogP contribution in [0, 0.1) is 6.92 Å². The zero-order chi connectivity index (χ0) is 12.8. The highest BCUT2D eigenvalue weighted by Gasteiger charge is 2.40. The lowest BCUT2D eigenvalue weighted by molar-refractivity contribution is -0.123. The second-order valence-electron chi connectivity index (χ2n) is 4.95. The summed E-state index contributed by atoms with van der Waals surface area (Å²) in [7, 11) is 0. The Morgan fingerprint density at radius 3 is 2.94 bits per heavy atom. The zero-order valence-corrected chi connectivity index (χ0v) is 11.0. The molecule has 0 bridgehead atoms. The van der Waals surface area contributed by atoms with Gasteiger partial charge in [0.1, 0.15) is 0 Å². The van der Waals surface area contributed by atoms with Gasteiger partial charge in [0.15, 0.2) is 5.13 Å². The lowest BCUT2D eigenvalue weighted by Crippen LogP contribution is -2.56. The number of nitrogens with one attached hydrogen (secondary N) is 1. The Morgan fingerprint density at radius 1 is 1.50 bits per heavy atom. The van der Waals surface area contributed by atoms with Crippen LogP contribution in [0.25, 0.3) is 10.2 Å². The molecule has 1 amide bonds. The Hall–Kier alpha value is -1.46. The first kappa shape index (κ1) is 11.6. The van der Waals surface area contributed by atoms with Crippen LogP contribution in [0.2, 0.25) is 0 Å². The van der Waals surface area contributed by atoms with E-state index in [-0.39, 0.29) is 5.91 Å². The molecular formula is C13H15N3OS. The average Bonchev–Trinajstić information content (AvgIpc) is 2.67. The molecule has 0 aliphatic heterocycles. The summed E-state index contributed by atoms with van der Waals surface area (Å²) in [6.07, 6.45) is 2.56. The van der Waals surface area contributed by atoms with E-state index >= 15 is 0 Å². The van der Waals surface area contributed by atoms with E-state index in [4.69, 9.17) is 5.73 Å². The molecule has 1 aliphatic carbocycles. The Balaban J connectivity index is 1.84. The van der Waals surface area contributed by atoms with Crippen LogP contribution >= 0.6 is 11.3 Å². The highest BCUT2D eigenvalue weighted by Crippen LogP contribution is 2.32. The number of aryl methyl sites for hydroxylation is 1. The molecule has 18 heavy (non-hydrogen) atoms. The number of thiazole rings is 1. The number of nitrogens with zero attached hydrogens (tertiary/aromatic N) is 1. The third-order valence-electron chi connectivity index (χ3n) is 3.46. The minimum Gasteiger partial charge on any atom is -0.317 e. The third-order valence-corrected chi connectivity index (χ3v) is 4.40. The summed E-state index contributed by atoms with van der Waals surface area (Å²) in [5.74, 6) is -0.107. The molecule has 1 heterocycles. The Labute approximate surface area is 109 Å². The number of hydrogen-bond donors (Lipinski definition) is 2. The van der Waals surface area contributed by atoms with Crippen LogP contribution in [0.5, 0.6) is 0 Å². The second-order valence-corrected chi connectivity index (χ2v) is 5.98. The predicted octanol–water partition coefficient (Wildman–Crippen LogP) is 2.42. The van der Waals surface area contributed by atoms with Crippen molar-refractivity contribution in [1.29, 1.82) is 0 Å². The van der Waals surface area contributed by atoms with E-state index in [1.54, 1.807) is 0 Å². The SMILES string of the molecule is Cc1ccc2nc(NC(=O)C3(N)CCC3)sc2c1. The number of aromatic nitrogens is 1. The number of carbonyl (C=O) groups excluding carboxylic acids is 1. The van der Waals surface area contributed by atoms with Crippen molar-refractivity contribution in [3.05, 3.63) is 23.8 Å². The molecule has 94 valence electrons. The second kappa shape index (κ2) is 4.03. The highest BCUT2D eigenvalue weighted by atomic mass is 32.1. The number of fused-ring (bicyclic) bond motifs is 1. The van der Waals surface area contributed by atoms with Crippen molar-refractivity contribution < 1.29 is 4.79 Å². The zero-order valence-electron chi connectivity index (χ0n) is 10.2. The van der Waals surface area contributed by atoms with Crippen LogP contribution in [0.3, 0.4) is 0 Å². The number of amides is 1. The van der Waals surface area contributed by atoms with Gasteiger partial charge in [0.25, 0.3) is 0 Å². The van der Waals surface area contributed by atoms with E-state index in [1.807, 2.05) is 19.1 Å². The number of carbonyl (C=O) groups is 1. The van der Waals surface area contributed by atoms with Crippen LogP contribution in [0.1, 0.15) is 24.8 Å². The van der Waals surface area contributed by atoms with Crippen molar-refractivity contribution >= 4 is 32.6 Å². The summed E-state index contributed by atoms with van der Waals surface area (Å²) < 4.78 is 1.09. The first-order valence-electron chi connectivity index (χ1n) is 6.04. The fourth-order valence-corrected chi connectivity index (χ4v) is 3.05. The molecule has 3 rings (SSSR count). The fourth-order valence-electron chi connectivity index (χ4n) is 2.09. The Kier molecular flexibility index (Phi) is 2.60. The molecule has 1 aromatic carbocycles.